The molecule has 7 heteroatoms. The van der Waals surface area contributed by atoms with Gasteiger partial charge in [-0.15, -0.1) is 11.3 Å². The molecule has 1 aliphatic rings. The van der Waals surface area contributed by atoms with Gasteiger partial charge in [0.05, 0.1) is 17.1 Å². The molecule has 0 radical (unpaired) electrons. The second-order valence-corrected chi connectivity index (χ2v) is 6.29. The molecule has 0 saturated heterocycles. The fourth-order valence-corrected chi connectivity index (χ4v) is 3.88. The summed E-state index contributed by atoms with van der Waals surface area (Å²) in [7, 11) is 0. The van der Waals surface area contributed by atoms with Gasteiger partial charge in [-0.2, -0.15) is 0 Å². The molecule has 3 rings (SSSR count). The highest BCUT2D eigenvalue weighted by molar-refractivity contribution is 7.16. The number of fused-ring (bicyclic) bond motifs is 1. The number of hydrogen-bond acceptors (Lipinski definition) is 5. The number of rotatable bonds is 4. The Bertz CT molecular complexity index is 732. The van der Waals surface area contributed by atoms with Gasteiger partial charge in [-0.1, -0.05) is 0 Å². The SMILES string of the molecule is Cc1nc(CNC(=O)c2sc(C(=O)O)c3c2CCCC3)co1. The average Bonchev–Trinajstić information content (AvgIpc) is 3.08. The summed E-state index contributed by atoms with van der Waals surface area (Å²) in [5, 5.41) is 12.1. The summed E-state index contributed by atoms with van der Waals surface area (Å²) in [5.74, 6) is -0.642. The van der Waals surface area contributed by atoms with Crippen LogP contribution in [0.1, 0.15) is 54.9 Å². The predicted octanol–water partition coefficient (Wildman–Crippen LogP) is 2.55. The number of aromatic nitrogens is 1. The molecule has 0 spiro atoms. The molecule has 0 saturated carbocycles. The maximum atomic E-state index is 12.4. The number of carbonyl (C=O) groups excluding carboxylic acids is 1. The van der Waals surface area contributed by atoms with Crippen molar-refractivity contribution in [3.63, 3.8) is 0 Å². The topological polar surface area (TPSA) is 92.4 Å². The second-order valence-electron chi connectivity index (χ2n) is 5.27. The van der Waals surface area contributed by atoms with Crippen LogP contribution in [0.5, 0.6) is 0 Å². The van der Waals surface area contributed by atoms with Crippen LogP contribution in [-0.2, 0) is 19.4 Å². The first-order chi connectivity index (χ1) is 10.6. The number of carboxylic acid groups (broad SMARTS) is 1. The van der Waals surface area contributed by atoms with E-state index < -0.39 is 5.97 Å². The Morgan fingerprint density at radius 3 is 2.59 bits per heavy atom. The van der Waals surface area contributed by atoms with Gasteiger partial charge in [0.15, 0.2) is 5.89 Å². The van der Waals surface area contributed by atoms with Crippen molar-refractivity contribution in [2.75, 3.05) is 0 Å². The van der Waals surface area contributed by atoms with E-state index in [0.29, 0.717) is 21.3 Å². The number of nitrogens with one attached hydrogen (secondary N) is 1. The Kier molecular flexibility index (Phi) is 3.98. The summed E-state index contributed by atoms with van der Waals surface area (Å²) in [5.41, 5.74) is 2.39. The van der Waals surface area contributed by atoms with Gasteiger partial charge in [0.2, 0.25) is 0 Å². The van der Waals surface area contributed by atoms with Crippen LogP contribution in [-0.4, -0.2) is 22.0 Å². The Morgan fingerprint density at radius 2 is 2.00 bits per heavy atom. The standard InChI is InChI=1S/C15H16N2O4S/c1-8-17-9(7-21-8)6-16-14(18)12-10-4-2-3-5-11(10)13(22-12)15(19)20/h7H,2-6H2,1H3,(H,16,18)(H,19,20). The average molecular weight is 320 g/mol. The summed E-state index contributed by atoms with van der Waals surface area (Å²) in [6, 6.07) is 0. The van der Waals surface area contributed by atoms with Gasteiger partial charge in [0.25, 0.3) is 5.91 Å². The molecule has 2 aromatic heterocycles. The van der Waals surface area contributed by atoms with Crippen molar-refractivity contribution in [3.05, 3.63) is 38.7 Å². The lowest BCUT2D eigenvalue weighted by atomic mass is 9.92. The van der Waals surface area contributed by atoms with Gasteiger partial charge in [-0.05, 0) is 36.8 Å². The summed E-state index contributed by atoms with van der Waals surface area (Å²) in [6.07, 6.45) is 4.98. The Hall–Kier alpha value is -2.15. The number of oxazole rings is 1. The molecule has 2 heterocycles. The summed E-state index contributed by atoms with van der Waals surface area (Å²) >= 11 is 1.08. The van der Waals surface area contributed by atoms with E-state index in [0.717, 1.165) is 48.1 Å². The summed E-state index contributed by atoms with van der Waals surface area (Å²) < 4.78 is 5.09. The third-order valence-electron chi connectivity index (χ3n) is 3.72. The van der Waals surface area contributed by atoms with E-state index in [2.05, 4.69) is 10.3 Å². The lowest BCUT2D eigenvalue weighted by Crippen LogP contribution is -2.23. The molecule has 22 heavy (non-hydrogen) atoms. The highest BCUT2D eigenvalue weighted by atomic mass is 32.1. The molecule has 2 N–H and O–H groups in total. The molecule has 1 amide bonds. The number of carboxylic acids is 1. The van der Waals surface area contributed by atoms with Crippen LogP contribution in [0.2, 0.25) is 0 Å². The third-order valence-corrected chi connectivity index (χ3v) is 4.98. The van der Waals surface area contributed by atoms with Crippen LogP contribution in [0.4, 0.5) is 0 Å². The number of amides is 1. The van der Waals surface area contributed by atoms with E-state index in [1.165, 1.54) is 6.26 Å². The summed E-state index contributed by atoms with van der Waals surface area (Å²) in [4.78, 5) is 28.7. The quantitative estimate of drug-likeness (QED) is 0.903. The fourth-order valence-electron chi connectivity index (χ4n) is 2.73. The molecular weight excluding hydrogens is 304 g/mol. The van der Waals surface area contributed by atoms with Crippen LogP contribution in [0, 0.1) is 6.92 Å². The molecular formula is C15H16N2O4S. The van der Waals surface area contributed by atoms with Gasteiger partial charge in [0, 0.05) is 6.92 Å². The van der Waals surface area contributed by atoms with Crippen molar-refractivity contribution in [2.24, 2.45) is 0 Å². The van der Waals surface area contributed by atoms with Crippen molar-refractivity contribution in [1.29, 1.82) is 0 Å². The monoisotopic (exact) mass is 320 g/mol. The first kappa shape index (κ1) is 14.8. The lowest BCUT2D eigenvalue weighted by molar-refractivity contribution is 0.0700. The lowest BCUT2D eigenvalue weighted by Gasteiger charge is -2.13. The van der Waals surface area contributed by atoms with E-state index in [-0.39, 0.29) is 12.5 Å². The molecule has 0 fully saturated rings. The van der Waals surface area contributed by atoms with Gasteiger partial charge in [0.1, 0.15) is 11.1 Å². The number of thiophene rings is 1. The Morgan fingerprint density at radius 1 is 1.32 bits per heavy atom. The number of carbonyl (C=O) groups is 2. The molecule has 6 nitrogen and oxygen atoms in total. The number of aryl methyl sites for hydroxylation is 1. The van der Waals surface area contributed by atoms with Crippen molar-refractivity contribution in [3.8, 4) is 0 Å². The number of nitrogens with zero attached hydrogens (tertiary/aromatic N) is 1. The Balaban J connectivity index is 1.81. The second kappa shape index (κ2) is 5.92. The fraction of sp³-hybridized carbons (Fsp3) is 0.400. The highest BCUT2D eigenvalue weighted by Gasteiger charge is 2.27. The van der Waals surface area contributed by atoms with Gasteiger partial charge in [-0.3, -0.25) is 4.79 Å². The maximum Gasteiger partial charge on any atom is 0.346 e. The van der Waals surface area contributed by atoms with Gasteiger partial charge in [-0.25, -0.2) is 9.78 Å². The van der Waals surface area contributed by atoms with Crippen molar-refractivity contribution < 1.29 is 19.1 Å². The van der Waals surface area contributed by atoms with Crippen LogP contribution in [0.15, 0.2) is 10.7 Å². The van der Waals surface area contributed by atoms with E-state index in [1.807, 2.05) is 0 Å². The third kappa shape index (κ3) is 2.76. The molecule has 0 bridgehead atoms. The largest absolute Gasteiger partial charge is 0.477 e. The Labute approximate surface area is 131 Å². The molecule has 1 aliphatic carbocycles. The van der Waals surface area contributed by atoms with E-state index in [1.54, 1.807) is 6.92 Å². The van der Waals surface area contributed by atoms with Gasteiger partial charge >= 0.3 is 5.97 Å². The molecule has 0 atom stereocenters. The molecule has 2 aromatic rings. The smallest absolute Gasteiger partial charge is 0.346 e. The minimum Gasteiger partial charge on any atom is -0.477 e. The predicted molar refractivity (Wildman–Crippen MR) is 80.3 cm³/mol. The molecule has 0 unspecified atom stereocenters. The zero-order valence-corrected chi connectivity index (χ0v) is 13.0. The summed E-state index contributed by atoms with van der Waals surface area (Å²) in [6.45, 7) is 2.01. The highest BCUT2D eigenvalue weighted by Crippen LogP contribution is 2.34. The van der Waals surface area contributed by atoms with E-state index in [9.17, 15) is 14.7 Å². The zero-order valence-electron chi connectivity index (χ0n) is 12.1. The minimum absolute atomic E-state index is 0.240. The number of hydrogen-bond donors (Lipinski definition) is 2. The maximum absolute atomic E-state index is 12.4. The minimum atomic E-state index is -0.950. The van der Waals surface area contributed by atoms with Gasteiger partial charge < -0.3 is 14.8 Å². The van der Waals surface area contributed by atoms with Crippen molar-refractivity contribution >= 4 is 23.2 Å². The van der Waals surface area contributed by atoms with Crippen LogP contribution in [0.3, 0.4) is 0 Å². The molecule has 116 valence electrons. The zero-order chi connectivity index (χ0) is 15.7. The number of aromatic carboxylic acids is 1. The van der Waals surface area contributed by atoms with Crippen molar-refractivity contribution in [1.82, 2.24) is 10.3 Å². The van der Waals surface area contributed by atoms with E-state index >= 15 is 0 Å². The van der Waals surface area contributed by atoms with Crippen LogP contribution >= 0.6 is 11.3 Å². The normalized spacial score (nSPS) is 13.7. The van der Waals surface area contributed by atoms with E-state index in [4.69, 9.17) is 4.42 Å². The first-order valence-electron chi connectivity index (χ1n) is 7.13. The first-order valence-corrected chi connectivity index (χ1v) is 7.95. The van der Waals surface area contributed by atoms with Crippen LogP contribution < -0.4 is 5.32 Å². The molecule has 0 aromatic carbocycles. The van der Waals surface area contributed by atoms with Crippen molar-refractivity contribution in [2.45, 2.75) is 39.2 Å². The van der Waals surface area contributed by atoms with Crippen LogP contribution in [0.25, 0.3) is 0 Å². The molecule has 0 aliphatic heterocycles.